The smallest absolute Gasteiger partial charge is 0.394 e. The number of imidazole rings is 1. The molecule has 1 aliphatic rings. The summed E-state index contributed by atoms with van der Waals surface area (Å²) < 4.78 is 45.7. The molecule has 3 rings (SSSR count). The first-order valence-corrected chi connectivity index (χ1v) is 6.47. The van der Waals surface area contributed by atoms with E-state index in [0.29, 0.717) is 0 Å². The minimum atomic E-state index is -4.82. The third-order valence-corrected chi connectivity index (χ3v) is 3.66. The summed E-state index contributed by atoms with van der Waals surface area (Å²) in [4.78, 5) is 21.6. The Kier molecular flexibility index (Phi) is 3.54. The summed E-state index contributed by atoms with van der Waals surface area (Å²) in [6, 6.07) is 0. The van der Waals surface area contributed by atoms with E-state index >= 15 is 0 Å². The highest BCUT2D eigenvalue weighted by molar-refractivity contribution is 5.70. The summed E-state index contributed by atoms with van der Waals surface area (Å²) in [6.07, 6.45) is -9.06. The van der Waals surface area contributed by atoms with Gasteiger partial charge in [0, 0.05) is 0 Å². The van der Waals surface area contributed by atoms with Crippen LogP contribution in [0.1, 0.15) is 6.23 Å². The molecule has 3 heterocycles. The maximum absolute atomic E-state index is 13.3. The Morgan fingerprint density at radius 1 is 1.48 bits per heavy atom. The molecule has 0 aliphatic carbocycles. The third-order valence-electron chi connectivity index (χ3n) is 3.66. The lowest BCUT2D eigenvalue weighted by molar-refractivity contribution is -0.210. The van der Waals surface area contributed by atoms with Gasteiger partial charge in [0.25, 0.3) is 5.56 Å². The number of aliphatic hydroxyl groups excluding tert-OH is 2. The summed E-state index contributed by atoms with van der Waals surface area (Å²) in [6.45, 7) is -0.807. The van der Waals surface area contributed by atoms with Crippen LogP contribution in [0.5, 0.6) is 0 Å². The molecule has 23 heavy (non-hydrogen) atoms. The van der Waals surface area contributed by atoms with Crippen LogP contribution in [0.15, 0.2) is 11.1 Å². The van der Waals surface area contributed by atoms with Crippen molar-refractivity contribution in [3.8, 4) is 0 Å². The first-order chi connectivity index (χ1) is 10.7. The van der Waals surface area contributed by atoms with Gasteiger partial charge in [-0.15, -0.1) is 0 Å². The lowest BCUT2D eigenvalue weighted by Crippen LogP contribution is -2.39. The number of aromatic nitrogens is 4. The molecule has 1 fully saturated rings. The number of halogens is 3. The van der Waals surface area contributed by atoms with Gasteiger partial charge in [0.05, 0.1) is 19.0 Å². The van der Waals surface area contributed by atoms with Gasteiger partial charge in [0.15, 0.2) is 11.2 Å². The van der Waals surface area contributed by atoms with Crippen LogP contribution in [0.2, 0.25) is 0 Å². The Hall–Kier alpha value is -2.18. The molecule has 0 unspecified atom stereocenters. The van der Waals surface area contributed by atoms with Crippen molar-refractivity contribution in [1.29, 1.82) is 0 Å². The minimum Gasteiger partial charge on any atom is -0.394 e. The van der Waals surface area contributed by atoms with E-state index < -0.39 is 42.7 Å². The van der Waals surface area contributed by atoms with Gasteiger partial charge in [0.2, 0.25) is 5.95 Å². The zero-order valence-electron chi connectivity index (χ0n) is 11.4. The fraction of sp³-hybridized carbons (Fsp3) is 0.545. The molecule has 9 nitrogen and oxygen atoms in total. The van der Waals surface area contributed by atoms with E-state index in [2.05, 4.69) is 15.0 Å². The van der Waals surface area contributed by atoms with E-state index in [0.717, 1.165) is 10.9 Å². The number of H-pyrrole nitrogens is 1. The van der Waals surface area contributed by atoms with Gasteiger partial charge < -0.3 is 20.7 Å². The van der Waals surface area contributed by atoms with Crippen molar-refractivity contribution in [3.63, 3.8) is 0 Å². The fourth-order valence-corrected chi connectivity index (χ4v) is 2.65. The monoisotopic (exact) mass is 335 g/mol. The summed E-state index contributed by atoms with van der Waals surface area (Å²) in [5, 5.41) is 18.8. The molecule has 0 saturated carbocycles. The predicted octanol–water partition coefficient (Wildman–Crippen LogP) is -0.869. The summed E-state index contributed by atoms with van der Waals surface area (Å²) >= 11 is 0. The Bertz CT molecular complexity index is 788. The van der Waals surface area contributed by atoms with E-state index in [-0.39, 0.29) is 17.1 Å². The van der Waals surface area contributed by atoms with Crippen LogP contribution in [0.4, 0.5) is 19.1 Å². The van der Waals surface area contributed by atoms with Crippen molar-refractivity contribution >= 4 is 17.1 Å². The third kappa shape index (κ3) is 2.44. The van der Waals surface area contributed by atoms with E-state index in [1.807, 2.05) is 0 Å². The van der Waals surface area contributed by atoms with Crippen molar-refractivity contribution in [2.24, 2.45) is 5.92 Å². The van der Waals surface area contributed by atoms with Gasteiger partial charge in [0.1, 0.15) is 18.2 Å². The van der Waals surface area contributed by atoms with Crippen LogP contribution in [0.25, 0.3) is 11.2 Å². The summed E-state index contributed by atoms with van der Waals surface area (Å²) in [5.41, 5.74) is 4.13. The highest BCUT2D eigenvalue weighted by Crippen LogP contribution is 2.45. The lowest BCUT2D eigenvalue weighted by Gasteiger charge is -2.23. The van der Waals surface area contributed by atoms with Crippen LogP contribution in [0.3, 0.4) is 0 Å². The molecule has 0 radical (unpaired) electrons. The van der Waals surface area contributed by atoms with E-state index in [9.17, 15) is 23.1 Å². The SMILES string of the molecule is Nc1nc2ncn([C@@H]3O[C@H](CO)[C@@H](O)[C@H]3C(F)(F)F)c2c(=O)[nH]1. The number of nitrogen functional groups attached to an aromatic ring is 1. The van der Waals surface area contributed by atoms with Crippen molar-refractivity contribution < 1.29 is 28.1 Å². The molecule has 126 valence electrons. The molecule has 1 saturated heterocycles. The highest BCUT2D eigenvalue weighted by Gasteiger charge is 2.58. The maximum atomic E-state index is 13.3. The van der Waals surface area contributed by atoms with E-state index in [4.69, 9.17) is 15.6 Å². The molecule has 2 aromatic rings. The van der Waals surface area contributed by atoms with Gasteiger partial charge >= 0.3 is 6.18 Å². The van der Waals surface area contributed by atoms with Crippen LogP contribution < -0.4 is 11.3 Å². The Morgan fingerprint density at radius 3 is 2.78 bits per heavy atom. The van der Waals surface area contributed by atoms with Crippen molar-refractivity contribution in [2.45, 2.75) is 24.6 Å². The molecule has 1 aliphatic heterocycles. The van der Waals surface area contributed by atoms with Crippen molar-refractivity contribution in [2.75, 3.05) is 12.3 Å². The first-order valence-electron chi connectivity index (χ1n) is 6.47. The first kappa shape index (κ1) is 15.7. The molecule has 12 heteroatoms. The molecule has 0 aromatic carbocycles. The number of ether oxygens (including phenoxy) is 1. The highest BCUT2D eigenvalue weighted by atomic mass is 19.4. The average Bonchev–Trinajstić information content (AvgIpc) is 2.98. The second kappa shape index (κ2) is 5.18. The second-order valence-electron chi connectivity index (χ2n) is 5.08. The lowest BCUT2D eigenvalue weighted by atomic mass is 9.99. The van der Waals surface area contributed by atoms with Gasteiger partial charge in [-0.3, -0.25) is 14.3 Å². The molecule has 0 spiro atoms. The average molecular weight is 335 g/mol. The topological polar surface area (TPSA) is 139 Å². The number of aromatic amines is 1. The Labute approximate surface area is 125 Å². The predicted molar refractivity (Wildman–Crippen MR) is 69.1 cm³/mol. The molecule has 5 N–H and O–H groups in total. The largest absolute Gasteiger partial charge is 0.398 e. The van der Waals surface area contributed by atoms with Gasteiger partial charge in [-0.25, -0.2) is 4.98 Å². The second-order valence-corrected chi connectivity index (χ2v) is 5.08. The number of alkyl halides is 3. The standard InChI is InChI=1S/C11H12F3N5O4/c12-11(13,14)4-6(21)3(1-20)23-9(4)19-2-16-7-5(19)8(22)18-10(15)17-7/h2-4,6,9,20-21H,1H2,(H3,15,17,18,22)/t3-,4-,6-,9-/m1/s1. The van der Waals surface area contributed by atoms with E-state index in [1.54, 1.807) is 0 Å². The number of hydrogen-bond donors (Lipinski definition) is 4. The van der Waals surface area contributed by atoms with Crippen molar-refractivity contribution in [1.82, 2.24) is 19.5 Å². The molecule has 2 aromatic heterocycles. The quantitative estimate of drug-likeness (QED) is 0.559. The van der Waals surface area contributed by atoms with E-state index in [1.165, 1.54) is 0 Å². The number of hydrogen-bond acceptors (Lipinski definition) is 7. The fourth-order valence-electron chi connectivity index (χ4n) is 2.65. The summed E-state index contributed by atoms with van der Waals surface area (Å²) in [7, 11) is 0. The summed E-state index contributed by atoms with van der Waals surface area (Å²) in [5.74, 6) is -2.57. The van der Waals surface area contributed by atoms with Gasteiger partial charge in [-0.05, 0) is 0 Å². The normalized spacial score (nSPS) is 28.6. The minimum absolute atomic E-state index is 0.155. The molecule has 0 bridgehead atoms. The van der Waals surface area contributed by atoms with Crippen LogP contribution >= 0.6 is 0 Å². The number of aliphatic hydroxyl groups is 2. The number of nitrogens with zero attached hydrogens (tertiary/aromatic N) is 3. The van der Waals surface area contributed by atoms with Crippen LogP contribution in [0, 0.1) is 5.92 Å². The molecular weight excluding hydrogens is 323 g/mol. The van der Waals surface area contributed by atoms with Gasteiger partial charge in [-0.1, -0.05) is 0 Å². The number of anilines is 1. The number of fused-ring (bicyclic) bond motifs is 1. The molecule has 4 atom stereocenters. The zero-order valence-corrected chi connectivity index (χ0v) is 11.4. The molecular formula is C11H12F3N5O4. The van der Waals surface area contributed by atoms with Crippen LogP contribution in [-0.2, 0) is 4.74 Å². The van der Waals surface area contributed by atoms with Gasteiger partial charge in [-0.2, -0.15) is 18.2 Å². The Balaban J connectivity index is 2.15. The zero-order chi connectivity index (χ0) is 16.9. The number of nitrogens with two attached hydrogens (primary N) is 1. The molecule has 0 amide bonds. The number of nitrogens with one attached hydrogen (secondary N) is 1. The maximum Gasteiger partial charge on any atom is 0.398 e. The number of rotatable bonds is 2. The Morgan fingerprint density at radius 2 is 2.17 bits per heavy atom. The van der Waals surface area contributed by atoms with Crippen LogP contribution in [-0.4, -0.2) is 54.7 Å². The van der Waals surface area contributed by atoms with Crippen molar-refractivity contribution in [3.05, 3.63) is 16.7 Å².